The molecule has 0 fully saturated rings. The SMILES string of the molecule is CC(C)(C)CCc1cccc(C(=NO)n2cncn2)c1. The van der Waals surface area contributed by atoms with Crippen LogP contribution in [0.2, 0.25) is 0 Å². The van der Waals surface area contributed by atoms with Gasteiger partial charge in [-0.2, -0.15) is 9.78 Å². The molecule has 20 heavy (non-hydrogen) atoms. The summed E-state index contributed by atoms with van der Waals surface area (Å²) in [7, 11) is 0. The van der Waals surface area contributed by atoms with Crippen LogP contribution >= 0.6 is 0 Å². The summed E-state index contributed by atoms with van der Waals surface area (Å²) < 4.78 is 1.45. The second kappa shape index (κ2) is 5.86. The minimum atomic E-state index is 0.301. The molecule has 1 aromatic heterocycles. The number of nitrogens with zero attached hydrogens (tertiary/aromatic N) is 4. The van der Waals surface area contributed by atoms with Gasteiger partial charge in [-0.05, 0) is 29.9 Å². The van der Waals surface area contributed by atoms with E-state index in [2.05, 4.69) is 42.1 Å². The predicted molar refractivity (Wildman–Crippen MR) is 78.0 cm³/mol. The van der Waals surface area contributed by atoms with Crippen molar-refractivity contribution in [1.29, 1.82) is 0 Å². The summed E-state index contributed by atoms with van der Waals surface area (Å²) in [6, 6.07) is 7.99. The van der Waals surface area contributed by atoms with Crippen molar-refractivity contribution in [3.8, 4) is 0 Å². The van der Waals surface area contributed by atoms with Crippen LogP contribution in [0.5, 0.6) is 0 Å². The van der Waals surface area contributed by atoms with Crippen molar-refractivity contribution in [3.63, 3.8) is 0 Å². The van der Waals surface area contributed by atoms with Gasteiger partial charge in [0, 0.05) is 5.56 Å². The molecule has 0 bridgehead atoms. The summed E-state index contributed by atoms with van der Waals surface area (Å²) in [4.78, 5) is 3.87. The Kier molecular flexibility index (Phi) is 4.17. The van der Waals surface area contributed by atoms with E-state index in [0.717, 1.165) is 18.4 Å². The number of oxime groups is 1. The van der Waals surface area contributed by atoms with E-state index in [0.29, 0.717) is 11.3 Å². The van der Waals surface area contributed by atoms with E-state index in [1.54, 1.807) is 0 Å². The molecule has 0 atom stereocenters. The van der Waals surface area contributed by atoms with Crippen LogP contribution in [0.4, 0.5) is 0 Å². The predicted octanol–water partition coefficient (Wildman–Crippen LogP) is 2.94. The number of aromatic nitrogens is 3. The highest BCUT2D eigenvalue weighted by atomic mass is 16.4. The van der Waals surface area contributed by atoms with Gasteiger partial charge in [-0.1, -0.05) is 44.1 Å². The van der Waals surface area contributed by atoms with Crippen LogP contribution in [-0.4, -0.2) is 25.8 Å². The summed E-state index contributed by atoms with van der Waals surface area (Å²) in [5.41, 5.74) is 2.35. The third-order valence-electron chi connectivity index (χ3n) is 3.08. The molecule has 2 rings (SSSR count). The van der Waals surface area contributed by atoms with Gasteiger partial charge < -0.3 is 5.21 Å². The number of hydrogen-bond donors (Lipinski definition) is 1. The number of benzene rings is 1. The van der Waals surface area contributed by atoms with E-state index in [4.69, 9.17) is 0 Å². The molecule has 0 unspecified atom stereocenters. The molecule has 0 aliphatic heterocycles. The van der Waals surface area contributed by atoms with Gasteiger partial charge in [0.05, 0.1) is 0 Å². The molecular weight excluding hydrogens is 252 g/mol. The Hall–Kier alpha value is -2.17. The summed E-state index contributed by atoms with van der Waals surface area (Å²) >= 11 is 0. The van der Waals surface area contributed by atoms with E-state index < -0.39 is 0 Å². The molecule has 1 aromatic carbocycles. The molecule has 5 heteroatoms. The highest BCUT2D eigenvalue weighted by Gasteiger charge is 2.12. The molecule has 0 saturated heterocycles. The van der Waals surface area contributed by atoms with Gasteiger partial charge in [0.2, 0.25) is 5.84 Å². The number of aryl methyl sites for hydroxylation is 1. The fourth-order valence-electron chi connectivity index (χ4n) is 1.94. The number of hydrogen-bond acceptors (Lipinski definition) is 4. The first-order valence-electron chi connectivity index (χ1n) is 6.66. The van der Waals surface area contributed by atoms with Crippen molar-refractivity contribution < 1.29 is 5.21 Å². The van der Waals surface area contributed by atoms with Crippen molar-refractivity contribution in [2.24, 2.45) is 10.6 Å². The van der Waals surface area contributed by atoms with Crippen molar-refractivity contribution >= 4 is 5.84 Å². The van der Waals surface area contributed by atoms with Gasteiger partial charge in [0.1, 0.15) is 12.7 Å². The van der Waals surface area contributed by atoms with Crippen LogP contribution < -0.4 is 0 Å². The molecule has 2 aromatic rings. The third kappa shape index (κ3) is 3.66. The fourth-order valence-corrected chi connectivity index (χ4v) is 1.94. The Balaban J connectivity index is 2.21. The fraction of sp³-hybridized carbons (Fsp3) is 0.400. The quantitative estimate of drug-likeness (QED) is 0.404. The molecular formula is C15H20N4O. The Morgan fingerprint density at radius 3 is 2.75 bits per heavy atom. The Labute approximate surface area is 119 Å². The van der Waals surface area contributed by atoms with Crippen molar-refractivity contribution in [2.45, 2.75) is 33.6 Å². The smallest absolute Gasteiger partial charge is 0.201 e. The third-order valence-corrected chi connectivity index (χ3v) is 3.08. The zero-order valence-electron chi connectivity index (χ0n) is 12.1. The summed E-state index contributed by atoms with van der Waals surface area (Å²) in [5.74, 6) is 0.375. The van der Waals surface area contributed by atoms with Gasteiger partial charge in [-0.3, -0.25) is 0 Å². The van der Waals surface area contributed by atoms with E-state index >= 15 is 0 Å². The summed E-state index contributed by atoms with van der Waals surface area (Å²) in [5, 5.41) is 16.5. The summed E-state index contributed by atoms with van der Waals surface area (Å²) in [6.07, 6.45) is 5.02. The first-order valence-corrected chi connectivity index (χ1v) is 6.66. The van der Waals surface area contributed by atoms with Crippen LogP contribution in [-0.2, 0) is 6.42 Å². The lowest BCUT2D eigenvalue weighted by molar-refractivity contribution is 0.316. The van der Waals surface area contributed by atoms with Gasteiger partial charge in [0.15, 0.2) is 0 Å². The molecule has 5 nitrogen and oxygen atoms in total. The molecule has 1 N–H and O–H groups in total. The minimum absolute atomic E-state index is 0.301. The molecule has 0 spiro atoms. The summed E-state index contributed by atoms with van der Waals surface area (Å²) in [6.45, 7) is 6.69. The lowest BCUT2D eigenvalue weighted by Gasteiger charge is -2.18. The van der Waals surface area contributed by atoms with Crippen molar-refractivity contribution in [3.05, 3.63) is 48.0 Å². The van der Waals surface area contributed by atoms with Gasteiger partial charge in [-0.25, -0.2) is 4.98 Å². The van der Waals surface area contributed by atoms with Gasteiger partial charge in [-0.15, -0.1) is 0 Å². The van der Waals surface area contributed by atoms with Crippen LogP contribution in [0.25, 0.3) is 0 Å². The number of rotatable bonds is 3. The van der Waals surface area contributed by atoms with Crippen LogP contribution in [0.1, 0.15) is 38.3 Å². The van der Waals surface area contributed by atoms with E-state index in [9.17, 15) is 5.21 Å². The second-order valence-corrected chi connectivity index (χ2v) is 6.02. The van der Waals surface area contributed by atoms with Crippen molar-refractivity contribution in [1.82, 2.24) is 14.8 Å². The topological polar surface area (TPSA) is 63.3 Å². The average Bonchev–Trinajstić information content (AvgIpc) is 2.91. The van der Waals surface area contributed by atoms with Crippen LogP contribution in [0.3, 0.4) is 0 Å². The van der Waals surface area contributed by atoms with E-state index in [-0.39, 0.29) is 0 Å². The van der Waals surface area contributed by atoms with E-state index in [1.807, 2.05) is 18.2 Å². The standard InChI is InChI=1S/C15H20N4O/c1-15(2,3)8-7-12-5-4-6-13(9-12)14(18-20)19-11-16-10-17-19/h4-6,9-11,20H,7-8H2,1-3H3. The highest BCUT2D eigenvalue weighted by molar-refractivity contribution is 5.99. The lowest BCUT2D eigenvalue weighted by atomic mass is 9.88. The molecule has 0 radical (unpaired) electrons. The minimum Gasteiger partial charge on any atom is -0.409 e. The molecule has 1 heterocycles. The van der Waals surface area contributed by atoms with Gasteiger partial charge in [0.25, 0.3) is 0 Å². The molecule has 0 aliphatic rings. The van der Waals surface area contributed by atoms with E-state index in [1.165, 1.54) is 22.9 Å². The highest BCUT2D eigenvalue weighted by Crippen LogP contribution is 2.21. The lowest BCUT2D eigenvalue weighted by Crippen LogP contribution is -2.14. The maximum absolute atomic E-state index is 9.20. The maximum Gasteiger partial charge on any atom is 0.201 e. The Morgan fingerprint density at radius 1 is 1.35 bits per heavy atom. The first kappa shape index (κ1) is 14.2. The van der Waals surface area contributed by atoms with Crippen LogP contribution in [0, 0.1) is 5.41 Å². The second-order valence-electron chi connectivity index (χ2n) is 6.02. The first-order chi connectivity index (χ1) is 9.49. The maximum atomic E-state index is 9.20. The average molecular weight is 272 g/mol. The zero-order chi connectivity index (χ0) is 14.6. The molecule has 0 saturated carbocycles. The largest absolute Gasteiger partial charge is 0.409 e. The monoisotopic (exact) mass is 272 g/mol. The van der Waals surface area contributed by atoms with Crippen LogP contribution in [0.15, 0.2) is 42.1 Å². The Morgan fingerprint density at radius 2 is 2.15 bits per heavy atom. The zero-order valence-corrected chi connectivity index (χ0v) is 12.1. The van der Waals surface area contributed by atoms with Gasteiger partial charge >= 0.3 is 0 Å². The normalized spacial score (nSPS) is 12.7. The molecule has 0 amide bonds. The Bertz CT molecular complexity index is 582. The molecule has 106 valence electrons. The molecule has 0 aliphatic carbocycles. The van der Waals surface area contributed by atoms with Crippen molar-refractivity contribution in [2.75, 3.05) is 0 Å².